The van der Waals surface area contributed by atoms with Crippen LogP contribution in [0.1, 0.15) is 26.3 Å². The standard InChI is InChI=1S/C25H26N2O4/c1-27(25(29)18-10-6-4-7-11-18)15-14-19-16-22(30-2)23(31-3)17-21(19)24(28)26-20-12-8-5-9-13-20/h4-13,16-17H,14-15H2,1-3H3,(H,26,28). The van der Waals surface area contributed by atoms with Gasteiger partial charge in [-0.25, -0.2) is 0 Å². The number of para-hydroxylation sites is 1. The van der Waals surface area contributed by atoms with Gasteiger partial charge in [0.1, 0.15) is 0 Å². The molecule has 0 saturated heterocycles. The number of nitrogens with zero attached hydrogens (tertiary/aromatic N) is 1. The number of nitrogens with one attached hydrogen (secondary N) is 1. The number of carbonyl (C=O) groups excluding carboxylic acids is 2. The Morgan fingerprint density at radius 3 is 2.06 bits per heavy atom. The second-order valence-electron chi connectivity index (χ2n) is 7.03. The molecular formula is C25H26N2O4. The van der Waals surface area contributed by atoms with Gasteiger partial charge in [0, 0.05) is 30.4 Å². The fourth-order valence-corrected chi connectivity index (χ4v) is 3.25. The largest absolute Gasteiger partial charge is 0.493 e. The molecule has 3 aromatic rings. The molecule has 0 unspecified atom stereocenters. The first kappa shape index (κ1) is 21.9. The van der Waals surface area contributed by atoms with Crippen LogP contribution in [0, 0.1) is 0 Å². The van der Waals surface area contributed by atoms with Gasteiger partial charge in [0.25, 0.3) is 11.8 Å². The Morgan fingerprint density at radius 2 is 1.45 bits per heavy atom. The van der Waals surface area contributed by atoms with Crippen molar-refractivity contribution in [3.05, 3.63) is 89.5 Å². The summed E-state index contributed by atoms with van der Waals surface area (Å²) in [5.41, 5.74) is 2.56. The molecule has 6 heteroatoms. The summed E-state index contributed by atoms with van der Waals surface area (Å²) < 4.78 is 10.8. The van der Waals surface area contributed by atoms with Crippen LogP contribution in [-0.4, -0.2) is 44.5 Å². The first-order valence-electron chi connectivity index (χ1n) is 9.95. The molecule has 0 aromatic heterocycles. The molecular weight excluding hydrogens is 392 g/mol. The highest BCUT2D eigenvalue weighted by molar-refractivity contribution is 6.05. The second-order valence-corrected chi connectivity index (χ2v) is 7.03. The van der Waals surface area contributed by atoms with E-state index in [0.717, 1.165) is 5.56 Å². The number of ether oxygens (including phenoxy) is 2. The molecule has 3 rings (SSSR count). The minimum Gasteiger partial charge on any atom is -0.493 e. The number of hydrogen-bond donors (Lipinski definition) is 1. The van der Waals surface area contributed by atoms with Crippen molar-refractivity contribution >= 4 is 17.5 Å². The van der Waals surface area contributed by atoms with Crippen molar-refractivity contribution in [2.75, 3.05) is 33.1 Å². The first-order valence-corrected chi connectivity index (χ1v) is 9.95. The monoisotopic (exact) mass is 418 g/mol. The predicted molar refractivity (Wildman–Crippen MR) is 121 cm³/mol. The summed E-state index contributed by atoms with van der Waals surface area (Å²) in [6, 6.07) is 21.8. The number of anilines is 1. The van der Waals surface area contributed by atoms with Crippen LogP contribution in [-0.2, 0) is 6.42 Å². The summed E-state index contributed by atoms with van der Waals surface area (Å²) in [7, 11) is 4.83. The highest BCUT2D eigenvalue weighted by atomic mass is 16.5. The minimum atomic E-state index is -0.251. The van der Waals surface area contributed by atoms with Gasteiger partial charge in [-0.15, -0.1) is 0 Å². The molecule has 0 aliphatic rings. The maximum absolute atomic E-state index is 13.0. The third kappa shape index (κ3) is 5.42. The summed E-state index contributed by atoms with van der Waals surface area (Å²) in [6.07, 6.45) is 0.479. The summed E-state index contributed by atoms with van der Waals surface area (Å²) >= 11 is 0. The van der Waals surface area contributed by atoms with Crippen molar-refractivity contribution in [1.82, 2.24) is 4.90 Å². The van der Waals surface area contributed by atoms with Gasteiger partial charge >= 0.3 is 0 Å². The summed E-state index contributed by atoms with van der Waals surface area (Å²) in [5.74, 6) is 0.680. The third-order valence-corrected chi connectivity index (χ3v) is 4.97. The number of amides is 2. The minimum absolute atomic E-state index is 0.0728. The van der Waals surface area contributed by atoms with Crippen molar-refractivity contribution in [2.45, 2.75) is 6.42 Å². The van der Waals surface area contributed by atoms with Crippen LogP contribution in [0.5, 0.6) is 11.5 Å². The van der Waals surface area contributed by atoms with E-state index in [-0.39, 0.29) is 11.8 Å². The number of likely N-dealkylation sites (N-methyl/N-ethyl adjacent to an activating group) is 1. The van der Waals surface area contributed by atoms with Gasteiger partial charge in [-0.05, 0) is 48.4 Å². The summed E-state index contributed by atoms with van der Waals surface area (Å²) in [5, 5.41) is 2.91. The number of methoxy groups -OCH3 is 2. The van der Waals surface area contributed by atoms with Crippen LogP contribution < -0.4 is 14.8 Å². The molecule has 0 aliphatic heterocycles. The van der Waals surface area contributed by atoms with Crippen LogP contribution in [0.25, 0.3) is 0 Å². The van der Waals surface area contributed by atoms with Crippen LogP contribution in [0.2, 0.25) is 0 Å². The van der Waals surface area contributed by atoms with Crippen LogP contribution >= 0.6 is 0 Å². The third-order valence-electron chi connectivity index (χ3n) is 4.97. The zero-order chi connectivity index (χ0) is 22.2. The van der Waals surface area contributed by atoms with Gasteiger partial charge in [0.15, 0.2) is 11.5 Å². The smallest absolute Gasteiger partial charge is 0.256 e. The highest BCUT2D eigenvalue weighted by Crippen LogP contribution is 2.31. The van der Waals surface area contributed by atoms with E-state index in [4.69, 9.17) is 9.47 Å². The van der Waals surface area contributed by atoms with Crippen molar-refractivity contribution in [3.8, 4) is 11.5 Å². The van der Waals surface area contributed by atoms with Gasteiger partial charge in [0.2, 0.25) is 0 Å². The quantitative estimate of drug-likeness (QED) is 0.593. The molecule has 0 radical (unpaired) electrons. The molecule has 2 amide bonds. The Hall–Kier alpha value is -3.80. The molecule has 1 N–H and O–H groups in total. The molecule has 3 aromatic carbocycles. The lowest BCUT2D eigenvalue weighted by molar-refractivity contribution is 0.0796. The van der Waals surface area contributed by atoms with E-state index in [1.54, 1.807) is 43.3 Å². The Morgan fingerprint density at radius 1 is 0.871 bits per heavy atom. The Kier molecular flexibility index (Phi) is 7.27. The van der Waals surface area contributed by atoms with Crippen LogP contribution in [0.4, 0.5) is 5.69 Å². The first-order chi connectivity index (χ1) is 15.0. The van der Waals surface area contributed by atoms with E-state index in [9.17, 15) is 9.59 Å². The zero-order valence-electron chi connectivity index (χ0n) is 17.9. The molecule has 0 aliphatic carbocycles. The van der Waals surface area contributed by atoms with E-state index in [0.29, 0.717) is 41.3 Å². The maximum atomic E-state index is 13.0. The Bertz CT molecular complexity index is 1040. The van der Waals surface area contributed by atoms with E-state index in [1.807, 2.05) is 48.5 Å². The Balaban J connectivity index is 1.83. The molecule has 6 nitrogen and oxygen atoms in total. The molecule has 0 saturated carbocycles. The number of hydrogen-bond acceptors (Lipinski definition) is 4. The molecule has 0 spiro atoms. The molecule has 0 heterocycles. The molecule has 160 valence electrons. The van der Waals surface area contributed by atoms with Gasteiger partial charge in [-0.1, -0.05) is 36.4 Å². The lowest BCUT2D eigenvalue weighted by Gasteiger charge is -2.19. The average molecular weight is 418 g/mol. The van der Waals surface area contributed by atoms with Crippen molar-refractivity contribution in [2.24, 2.45) is 0 Å². The number of rotatable bonds is 8. The van der Waals surface area contributed by atoms with Crippen molar-refractivity contribution in [3.63, 3.8) is 0 Å². The maximum Gasteiger partial charge on any atom is 0.256 e. The van der Waals surface area contributed by atoms with Gasteiger partial charge in [-0.2, -0.15) is 0 Å². The zero-order valence-corrected chi connectivity index (χ0v) is 17.9. The van der Waals surface area contributed by atoms with Gasteiger partial charge in [-0.3, -0.25) is 9.59 Å². The van der Waals surface area contributed by atoms with Crippen LogP contribution in [0.15, 0.2) is 72.8 Å². The fraction of sp³-hybridized carbons (Fsp3) is 0.200. The predicted octanol–water partition coefficient (Wildman–Crippen LogP) is 4.27. The van der Waals surface area contributed by atoms with Gasteiger partial charge in [0.05, 0.1) is 14.2 Å². The summed E-state index contributed by atoms with van der Waals surface area (Å²) in [6.45, 7) is 0.439. The van der Waals surface area contributed by atoms with Crippen molar-refractivity contribution < 1.29 is 19.1 Å². The SMILES string of the molecule is COc1cc(CCN(C)C(=O)c2ccccc2)c(C(=O)Nc2ccccc2)cc1OC. The molecule has 0 atom stereocenters. The van der Waals surface area contributed by atoms with Crippen molar-refractivity contribution in [1.29, 1.82) is 0 Å². The molecule has 31 heavy (non-hydrogen) atoms. The van der Waals surface area contributed by atoms with Gasteiger partial charge < -0.3 is 19.7 Å². The van der Waals surface area contributed by atoms with E-state index >= 15 is 0 Å². The molecule has 0 fully saturated rings. The van der Waals surface area contributed by atoms with E-state index in [1.165, 1.54) is 7.11 Å². The van der Waals surface area contributed by atoms with E-state index < -0.39 is 0 Å². The number of benzene rings is 3. The fourth-order valence-electron chi connectivity index (χ4n) is 3.25. The lowest BCUT2D eigenvalue weighted by Crippen LogP contribution is -2.29. The highest BCUT2D eigenvalue weighted by Gasteiger charge is 2.19. The Labute approximate surface area is 182 Å². The van der Waals surface area contributed by atoms with E-state index in [2.05, 4.69) is 5.32 Å². The van der Waals surface area contributed by atoms with Crippen LogP contribution in [0.3, 0.4) is 0 Å². The average Bonchev–Trinajstić information content (AvgIpc) is 2.82. The lowest BCUT2D eigenvalue weighted by atomic mass is 10.0. The molecule has 0 bridgehead atoms. The normalized spacial score (nSPS) is 10.3. The second kappa shape index (κ2) is 10.3. The number of carbonyl (C=O) groups is 2. The summed E-state index contributed by atoms with van der Waals surface area (Å²) in [4.78, 5) is 27.3. The topological polar surface area (TPSA) is 67.9 Å².